The second kappa shape index (κ2) is 43.8. The smallest absolute Gasteiger partial charge is 0.220 e. The number of amides is 1. The molecule has 12 N–H and O–H groups in total. The first-order valence-electron chi connectivity index (χ1n) is 29.3. The highest BCUT2D eigenvalue weighted by atomic mass is 16.8. The van der Waals surface area contributed by atoms with E-state index in [0.29, 0.717) is 12.8 Å². The molecule has 3 rings (SSSR count). The van der Waals surface area contributed by atoms with Gasteiger partial charge in [0, 0.05) is 6.42 Å². The number of nitrogens with one attached hydrogen (secondary N) is 1. The molecule has 19 nitrogen and oxygen atoms in total. The Hall–Kier alpha value is -3.81. The van der Waals surface area contributed by atoms with Crippen LogP contribution in [0.5, 0.6) is 0 Å². The topological polar surface area (TPSA) is 307 Å². The molecule has 17 unspecified atom stereocenters. The normalized spacial score (nSPS) is 30.7. The van der Waals surface area contributed by atoms with Crippen LogP contribution < -0.4 is 5.32 Å². The summed E-state index contributed by atoms with van der Waals surface area (Å²) < 4.78 is 33.9. The summed E-state index contributed by atoms with van der Waals surface area (Å²) in [5.74, 6) is -0.315. The predicted molar refractivity (Wildman–Crippen MR) is 309 cm³/mol. The van der Waals surface area contributed by atoms with Crippen molar-refractivity contribution in [1.29, 1.82) is 0 Å². The second-order valence-corrected chi connectivity index (χ2v) is 20.4. The van der Waals surface area contributed by atoms with E-state index in [2.05, 4.69) is 122 Å². The van der Waals surface area contributed by atoms with Gasteiger partial charge in [0.2, 0.25) is 5.91 Å². The molecule has 0 aliphatic carbocycles. The van der Waals surface area contributed by atoms with Crippen LogP contribution in [0.3, 0.4) is 0 Å². The molecule has 1 amide bonds. The Labute approximate surface area is 480 Å². The van der Waals surface area contributed by atoms with Crippen molar-refractivity contribution in [3.8, 4) is 0 Å². The summed E-state index contributed by atoms with van der Waals surface area (Å²) in [6, 6.07) is -0.988. The Morgan fingerprint density at radius 3 is 1.31 bits per heavy atom. The first-order chi connectivity index (χ1) is 39.3. The Bertz CT molecular complexity index is 1950. The van der Waals surface area contributed by atoms with Crippen LogP contribution in [-0.2, 0) is 33.2 Å². The number of aliphatic hydroxyl groups excluding tert-OH is 11. The molecule has 19 heteroatoms. The molecular weight excluding hydrogens is 1050 g/mol. The summed E-state index contributed by atoms with van der Waals surface area (Å²) in [4.78, 5) is 13.1. The summed E-state index contributed by atoms with van der Waals surface area (Å²) in [7, 11) is 0. The molecule has 17 atom stereocenters. The predicted octanol–water partition coefficient (Wildman–Crippen LogP) is 4.92. The quantitative estimate of drug-likeness (QED) is 0.0286. The molecule has 0 saturated carbocycles. The van der Waals surface area contributed by atoms with E-state index < -0.39 is 124 Å². The van der Waals surface area contributed by atoms with E-state index >= 15 is 0 Å². The van der Waals surface area contributed by atoms with Gasteiger partial charge in [-0.05, 0) is 83.5 Å². The summed E-state index contributed by atoms with van der Waals surface area (Å²) in [6.45, 7) is 1.30. The number of hydrogen-bond acceptors (Lipinski definition) is 18. The van der Waals surface area contributed by atoms with Crippen LogP contribution in [-0.4, -0.2) is 193 Å². The van der Waals surface area contributed by atoms with E-state index in [4.69, 9.17) is 28.4 Å². The van der Waals surface area contributed by atoms with Crippen molar-refractivity contribution < 1.29 is 89.4 Å². The molecular formula is C62H99NO18. The van der Waals surface area contributed by atoms with Gasteiger partial charge in [0.05, 0.1) is 38.6 Å². The van der Waals surface area contributed by atoms with E-state index in [1.807, 2.05) is 6.92 Å². The third kappa shape index (κ3) is 27.6. The molecule has 3 saturated heterocycles. The molecule has 0 aromatic heterocycles. The minimum Gasteiger partial charge on any atom is -0.394 e. The van der Waals surface area contributed by atoms with Crippen LogP contribution in [0.1, 0.15) is 129 Å². The number of allylic oxidation sites excluding steroid dienone is 19. The van der Waals surface area contributed by atoms with Crippen molar-refractivity contribution in [1.82, 2.24) is 5.32 Å². The number of ether oxygens (including phenoxy) is 6. The van der Waals surface area contributed by atoms with Crippen LogP contribution in [0.4, 0.5) is 0 Å². The second-order valence-electron chi connectivity index (χ2n) is 20.4. The fourth-order valence-electron chi connectivity index (χ4n) is 8.95. The number of carbonyl (C=O) groups is 1. The standard InChI is InChI=1S/C62H99NO18/c1-3-5-7-8-9-10-11-12-13-14-15-16-17-18-19-20-21-22-23-24-25-26-27-28-29-30-31-32-33-34-35-36-38-40-50(68)63-45(46(67)39-37-6-4-2)44-76-60-56(74)53(71)58(48(42-65)78-60)81-62-57(75)54(72)59(49(43-66)79-62)80-61-55(73)52(70)51(69)47(41-64)77-61/h5,7,9-10,12-13,15-16,18-19,21-22,24-25,27-28,30-31,37,39,45-49,51-62,64-67,69-75H,3-4,6,8,11,14,17,20,23,26,29,32-36,38,40-44H2,1-2H3,(H,63,68)/b7-5-,10-9-,13-12-,16-15-,19-18-,22-21-,25-24-,28-27-,31-30-,39-37+. The Morgan fingerprint density at radius 1 is 0.457 bits per heavy atom. The molecule has 0 aromatic carbocycles. The molecule has 460 valence electrons. The van der Waals surface area contributed by atoms with Crippen LogP contribution in [0.2, 0.25) is 0 Å². The van der Waals surface area contributed by atoms with Gasteiger partial charge in [-0.25, -0.2) is 0 Å². The minimum atomic E-state index is -1.98. The maximum Gasteiger partial charge on any atom is 0.220 e. The van der Waals surface area contributed by atoms with E-state index in [-0.39, 0.29) is 18.9 Å². The van der Waals surface area contributed by atoms with E-state index in [0.717, 1.165) is 96.3 Å². The lowest BCUT2D eigenvalue weighted by atomic mass is 9.96. The summed E-state index contributed by atoms with van der Waals surface area (Å²) >= 11 is 0. The molecule has 0 spiro atoms. The van der Waals surface area contributed by atoms with E-state index in [1.165, 1.54) is 6.08 Å². The van der Waals surface area contributed by atoms with Crippen molar-refractivity contribution in [3.05, 3.63) is 122 Å². The van der Waals surface area contributed by atoms with Gasteiger partial charge >= 0.3 is 0 Å². The maximum atomic E-state index is 13.1. The summed E-state index contributed by atoms with van der Waals surface area (Å²) in [6.07, 6.45) is 31.8. The zero-order valence-corrected chi connectivity index (χ0v) is 47.7. The number of hydrogen-bond donors (Lipinski definition) is 12. The lowest BCUT2D eigenvalue weighted by Gasteiger charge is -2.48. The average molecular weight is 1150 g/mol. The first-order valence-corrected chi connectivity index (χ1v) is 29.3. The van der Waals surface area contributed by atoms with Crippen molar-refractivity contribution in [3.63, 3.8) is 0 Å². The number of rotatable bonds is 40. The Kier molecular flexibility index (Phi) is 38.6. The minimum absolute atomic E-state index is 0.209. The summed E-state index contributed by atoms with van der Waals surface area (Å²) in [5, 5.41) is 119. The molecule has 0 aromatic rings. The third-order valence-corrected chi connectivity index (χ3v) is 13.7. The first kappa shape index (κ1) is 71.5. The molecule has 0 radical (unpaired) electrons. The van der Waals surface area contributed by atoms with Gasteiger partial charge in [-0.3, -0.25) is 4.79 Å². The maximum absolute atomic E-state index is 13.1. The molecule has 0 bridgehead atoms. The Morgan fingerprint density at radius 2 is 0.852 bits per heavy atom. The highest BCUT2D eigenvalue weighted by molar-refractivity contribution is 5.76. The summed E-state index contributed by atoms with van der Waals surface area (Å²) in [5.41, 5.74) is 0. The highest BCUT2D eigenvalue weighted by Gasteiger charge is 2.53. The molecule has 3 aliphatic rings. The van der Waals surface area contributed by atoms with Crippen LogP contribution in [0, 0.1) is 0 Å². The fourth-order valence-corrected chi connectivity index (χ4v) is 8.95. The highest BCUT2D eigenvalue weighted by Crippen LogP contribution is 2.33. The van der Waals surface area contributed by atoms with Crippen molar-refractivity contribution >= 4 is 5.91 Å². The van der Waals surface area contributed by atoms with Crippen LogP contribution in [0.15, 0.2) is 122 Å². The molecule has 3 fully saturated rings. The third-order valence-electron chi connectivity index (χ3n) is 13.7. The van der Waals surface area contributed by atoms with Crippen molar-refractivity contribution in [2.75, 3.05) is 26.4 Å². The number of aliphatic hydroxyl groups is 11. The lowest BCUT2D eigenvalue weighted by Crippen LogP contribution is -2.66. The van der Waals surface area contributed by atoms with Crippen LogP contribution >= 0.6 is 0 Å². The van der Waals surface area contributed by atoms with Gasteiger partial charge in [0.25, 0.3) is 0 Å². The zero-order chi connectivity index (χ0) is 59.0. The van der Waals surface area contributed by atoms with Gasteiger partial charge in [0.15, 0.2) is 18.9 Å². The van der Waals surface area contributed by atoms with E-state index in [1.54, 1.807) is 6.08 Å². The SMILES string of the molecule is CC/C=C\C/C=C\C/C=C\C/C=C\C/C=C\C/C=C\C/C=C\C/C=C\C/C=C\CCCCCCCC(=O)NC(COC1OC(CO)C(OC2OC(CO)C(OC3OC(CO)C(O)C(O)C3O)C(O)C2O)C(O)C1O)C(O)/C=C/CCC. The monoisotopic (exact) mass is 1150 g/mol. The van der Waals surface area contributed by atoms with Gasteiger partial charge in [-0.1, -0.05) is 161 Å². The lowest BCUT2D eigenvalue weighted by molar-refractivity contribution is -0.379. The molecule has 3 aliphatic heterocycles. The average Bonchev–Trinajstić information content (AvgIpc) is 3.55. The largest absolute Gasteiger partial charge is 0.394 e. The van der Waals surface area contributed by atoms with Gasteiger partial charge < -0.3 is 89.9 Å². The van der Waals surface area contributed by atoms with Gasteiger partial charge in [0.1, 0.15) is 73.2 Å². The molecule has 3 heterocycles. The zero-order valence-electron chi connectivity index (χ0n) is 47.7. The molecule has 81 heavy (non-hydrogen) atoms. The number of unbranched alkanes of at least 4 members (excludes halogenated alkanes) is 6. The van der Waals surface area contributed by atoms with Crippen LogP contribution in [0.25, 0.3) is 0 Å². The van der Waals surface area contributed by atoms with Crippen molar-refractivity contribution in [2.45, 2.75) is 234 Å². The number of carbonyl (C=O) groups excluding carboxylic acids is 1. The van der Waals surface area contributed by atoms with Crippen molar-refractivity contribution in [2.24, 2.45) is 0 Å². The van der Waals surface area contributed by atoms with E-state index in [9.17, 15) is 61.0 Å². The van der Waals surface area contributed by atoms with Gasteiger partial charge in [-0.15, -0.1) is 0 Å². The fraction of sp³-hybridized carbons (Fsp3) is 0.661. The van der Waals surface area contributed by atoms with Gasteiger partial charge in [-0.2, -0.15) is 0 Å². The Balaban J connectivity index is 1.32.